The van der Waals surface area contributed by atoms with Crippen molar-refractivity contribution in [3.8, 4) is 0 Å². The minimum atomic E-state index is -0.719. The third kappa shape index (κ3) is 3.30. The largest absolute Gasteiger partial charge is 0.388 e. The first kappa shape index (κ1) is 12.6. The Hall–Kier alpha value is -0.870. The molecule has 1 heterocycles. The maximum absolute atomic E-state index is 10.1. The molecule has 96 valence electrons. The Kier molecular flexibility index (Phi) is 3.84. The number of nitrogens with one attached hydrogen (secondary N) is 1. The summed E-state index contributed by atoms with van der Waals surface area (Å²) in [6.45, 7) is 2.43. The number of hydrogen-bond acceptors (Lipinski definition) is 3. The minimum absolute atomic E-state index is 0.581. The summed E-state index contributed by atoms with van der Waals surface area (Å²) in [6.07, 6.45) is 7.78. The highest BCUT2D eigenvalue weighted by molar-refractivity contribution is 5.04. The summed E-state index contributed by atoms with van der Waals surface area (Å²) in [5.74, 6) is 0. The van der Waals surface area contributed by atoms with Crippen LogP contribution in [0.2, 0.25) is 0 Å². The summed E-state index contributed by atoms with van der Waals surface area (Å²) in [7, 11) is 1.85. The summed E-state index contributed by atoms with van der Waals surface area (Å²) < 4.78 is 2.08. The maximum Gasteiger partial charge on any atom is 0.0799 e. The summed E-state index contributed by atoms with van der Waals surface area (Å²) >= 11 is 0. The van der Waals surface area contributed by atoms with Gasteiger partial charge < -0.3 is 10.4 Å². The summed E-state index contributed by atoms with van der Waals surface area (Å²) in [5.41, 5.74) is 0.265. The standard InChI is InChI=1S/C13H23N3O/c1-13(17,10-14-2)9-11-7-8-16(15-11)12-5-3-4-6-12/h7-8,12,14,17H,3-6,9-10H2,1-2H3. The molecule has 1 aliphatic carbocycles. The Morgan fingerprint density at radius 2 is 2.24 bits per heavy atom. The van der Waals surface area contributed by atoms with Crippen molar-refractivity contribution in [2.75, 3.05) is 13.6 Å². The first-order valence-electron chi connectivity index (χ1n) is 6.52. The number of nitrogens with zero attached hydrogens (tertiary/aromatic N) is 2. The molecule has 1 fully saturated rings. The molecule has 0 aromatic carbocycles. The lowest BCUT2D eigenvalue weighted by atomic mass is 10.0. The smallest absolute Gasteiger partial charge is 0.0799 e. The molecule has 1 unspecified atom stereocenters. The third-order valence-corrected chi connectivity index (χ3v) is 3.48. The highest BCUT2D eigenvalue weighted by atomic mass is 16.3. The van der Waals surface area contributed by atoms with Crippen LogP contribution < -0.4 is 5.32 Å². The number of aromatic nitrogens is 2. The van der Waals surface area contributed by atoms with E-state index in [1.165, 1.54) is 25.7 Å². The maximum atomic E-state index is 10.1. The van der Waals surface area contributed by atoms with Gasteiger partial charge in [0.2, 0.25) is 0 Å². The van der Waals surface area contributed by atoms with Crippen LogP contribution in [0.1, 0.15) is 44.3 Å². The fourth-order valence-electron chi connectivity index (χ4n) is 2.68. The van der Waals surface area contributed by atoms with Gasteiger partial charge in [-0.25, -0.2) is 0 Å². The van der Waals surface area contributed by atoms with Crippen molar-refractivity contribution in [1.82, 2.24) is 15.1 Å². The lowest BCUT2D eigenvalue weighted by Gasteiger charge is -2.21. The Morgan fingerprint density at radius 3 is 2.88 bits per heavy atom. The molecule has 0 bridgehead atoms. The van der Waals surface area contributed by atoms with Crippen LogP contribution in [0, 0.1) is 0 Å². The van der Waals surface area contributed by atoms with E-state index < -0.39 is 5.60 Å². The zero-order valence-electron chi connectivity index (χ0n) is 10.8. The van der Waals surface area contributed by atoms with Crippen molar-refractivity contribution in [2.24, 2.45) is 0 Å². The predicted molar refractivity (Wildman–Crippen MR) is 68.0 cm³/mol. The molecule has 1 aliphatic rings. The fourth-order valence-corrected chi connectivity index (χ4v) is 2.68. The zero-order valence-corrected chi connectivity index (χ0v) is 10.8. The molecule has 0 saturated heterocycles. The second-order valence-electron chi connectivity index (χ2n) is 5.43. The molecule has 1 aromatic rings. The predicted octanol–water partition coefficient (Wildman–Crippen LogP) is 1.51. The molecule has 0 amide bonds. The van der Waals surface area contributed by atoms with Crippen LogP contribution in [0.25, 0.3) is 0 Å². The molecule has 0 spiro atoms. The van der Waals surface area contributed by atoms with E-state index in [0.717, 1.165) is 5.69 Å². The fraction of sp³-hybridized carbons (Fsp3) is 0.769. The van der Waals surface area contributed by atoms with E-state index in [2.05, 4.69) is 21.3 Å². The van der Waals surface area contributed by atoms with E-state index in [-0.39, 0.29) is 0 Å². The van der Waals surface area contributed by atoms with E-state index >= 15 is 0 Å². The number of likely N-dealkylation sites (N-methyl/N-ethyl adjacent to an activating group) is 1. The van der Waals surface area contributed by atoms with Crippen LogP contribution in [-0.4, -0.2) is 34.1 Å². The Bertz CT molecular complexity index is 353. The Labute approximate surface area is 103 Å². The summed E-state index contributed by atoms with van der Waals surface area (Å²) in [6, 6.07) is 2.61. The topological polar surface area (TPSA) is 50.1 Å². The van der Waals surface area contributed by atoms with Gasteiger partial charge in [-0.2, -0.15) is 5.10 Å². The molecule has 0 radical (unpaired) electrons. The van der Waals surface area contributed by atoms with E-state index in [0.29, 0.717) is 19.0 Å². The molecule has 2 N–H and O–H groups in total. The quantitative estimate of drug-likeness (QED) is 0.816. The molecule has 1 aromatic heterocycles. The molecule has 0 aliphatic heterocycles. The van der Waals surface area contributed by atoms with Crippen LogP contribution in [0.4, 0.5) is 0 Å². The lowest BCUT2D eigenvalue weighted by Crippen LogP contribution is -2.38. The SMILES string of the molecule is CNCC(C)(O)Cc1ccn(C2CCCC2)n1. The average molecular weight is 237 g/mol. The monoisotopic (exact) mass is 237 g/mol. The van der Waals surface area contributed by atoms with Gasteiger partial charge in [-0.05, 0) is 32.9 Å². The van der Waals surface area contributed by atoms with Gasteiger partial charge in [-0.3, -0.25) is 4.68 Å². The third-order valence-electron chi connectivity index (χ3n) is 3.48. The second kappa shape index (κ2) is 5.19. The van der Waals surface area contributed by atoms with E-state index in [1.807, 2.05) is 20.0 Å². The van der Waals surface area contributed by atoms with E-state index in [1.54, 1.807) is 0 Å². The number of hydrogen-bond donors (Lipinski definition) is 2. The van der Waals surface area contributed by atoms with Crippen molar-refractivity contribution >= 4 is 0 Å². The van der Waals surface area contributed by atoms with Gasteiger partial charge in [-0.15, -0.1) is 0 Å². The highest BCUT2D eigenvalue weighted by Crippen LogP contribution is 2.28. The van der Waals surface area contributed by atoms with Crippen LogP contribution in [-0.2, 0) is 6.42 Å². The van der Waals surface area contributed by atoms with Crippen molar-refractivity contribution in [2.45, 2.75) is 50.7 Å². The van der Waals surface area contributed by atoms with Gasteiger partial charge in [0.05, 0.1) is 17.3 Å². The van der Waals surface area contributed by atoms with Gasteiger partial charge in [0.1, 0.15) is 0 Å². The number of aliphatic hydroxyl groups is 1. The summed E-state index contributed by atoms with van der Waals surface area (Å²) in [5, 5.41) is 17.7. The van der Waals surface area contributed by atoms with Crippen molar-refractivity contribution in [1.29, 1.82) is 0 Å². The van der Waals surface area contributed by atoms with Crippen LogP contribution in [0.5, 0.6) is 0 Å². The lowest BCUT2D eigenvalue weighted by molar-refractivity contribution is 0.0610. The molecule has 1 saturated carbocycles. The highest BCUT2D eigenvalue weighted by Gasteiger charge is 2.23. The van der Waals surface area contributed by atoms with Crippen molar-refractivity contribution in [3.63, 3.8) is 0 Å². The summed E-state index contributed by atoms with van der Waals surface area (Å²) in [4.78, 5) is 0. The van der Waals surface area contributed by atoms with Gasteiger partial charge in [0, 0.05) is 19.2 Å². The van der Waals surface area contributed by atoms with Gasteiger partial charge in [0.15, 0.2) is 0 Å². The molecular formula is C13H23N3O. The average Bonchev–Trinajstić information content (AvgIpc) is 2.85. The first-order chi connectivity index (χ1) is 8.11. The normalized spacial score (nSPS) is 20.6. The van der Waals surface area contributed by atoms with Gasteiger partial charge in [0.25, 0.3) is 0 Å². The molecule has 1 atom stereocenters. The van der Waals surface area contributed by atoms with Gasteiger partial charge in [-0.1, -0.05) is 12.8 Å². The van der Waals surface area contributed by atoms with Crippen LogP contribution in [0.15, 0.2) is 12.3 Å². The van der Waals surface area contributed by atoms with Crippen LogP contribution in [0.3, 0.4) is 0 Å². The minimum Gasteiger partial charge on any atom is -0.388 e. The molecule has 4 heteroatoms. The van der Waals surface area contributed by atoms with Gasteiger partial charge >= 0.3 is 0 Å². The molecule has 4 nitrogen and oxygen atoms in total. The number of rotatable bonds is 5. The van der Waals surface area contributed by atoms with E-state index in [4.69, 9.17) is 0 Å². The van der Waals surface area contributed by atoms with E-state index in [9.17, 15) is 5.11 Å². The zero-order chi connectivity index (χ0) is 12.3. The first-order valence-corrected chi connectivity index (χ1v) is 6.52. The Morgan fingerprint density at radius 1 is 1.53 bits per heavy atom. The molecule has 2 rings (SSSR count). The molecular weight excluding hydrogens is 214 g/mol. The molecule has 17 heavy (non-hydrogen) atoms. The van der Waals surface area contributed by atoms with Crippen molar-refractivity contribution in [3.05, 3.63) is 18.0 Å². The second-order valence-corrected chi connectivity index (χ2v) is 5.43. The Balaban J connectivity index is 1.98. The van der Waals surface area contributed by atoms with Crippen LogP contribution >= 0.6 is 0 Å². The van der Waals surface area contributed by atoms with Crippen molar-refractivity contribution < 1.29 is 5.11 Å².